The maximum Gasteiger partial charge on any atom is 0.318 e. The van der Waals surface area contributed by atoms with E-state index < -0.39 is 35.4 Å². The Labute approximate surface area is 110 Å². The number of aliphatic carboxylic acids is 1. The van der Waals surface area contributed by atoms with Gasteiger partial charge in [-0.1, -0.05) is 0 Å². The SMILES string of the molecule is CN(C(=O)NC(C)(C)C(N)=O)C1COCC1C(=O)O. The summed E-state index contributed by atoms with van der Waals surface area (Å²) in [5.41, 5.74) is 3.95. The van der Waals surface area contributed by atoms with Gasteiger partial charge in [0.15, 0.2) is 0 Å². The average Bonchev–Trinajstić information content (AvgIpc) is 2.75. The number of carbonyl (C=O) groups is 3. The van der Waals surface area contributed by atoms with Gasteiger partial charge < -0.3 is 25.8 Å². The van der Waals surface area contributed by atoms with E-state index in [-0.39, 0.29) is 13.2 Å². The van der Waals surface area contributed by atoms with Gasteiger partial charge in [-0.2, -0.15) is 0 Å². The van der Waals surface area contributed by atoms with Gasteiger partial charge in [0.1, 0.15) is 11.5 Å². The number of rotatable bonds is 4. The number of amides is 3. The van der Waals surface area contributed by atoms with Crippen molar-refractivity contribution in [3.63, 3.8) is 0 Å². The second kappa shape index (κ2) is 5.43. The number of hydrogen-bond acceptors (Lipinski definition) is 4. The summed E-state index contributed by atoms with van der Waals surface area (Å²) in [6.45, 7) is 3.16. The molecule has 8 nitrogen and oxygen atoms in total. The van der Waals surface area contributed by atoms with Gasteiger partial charge in [0, 0.05) is 7.05 Å². The van der Waals surface area contributed by atoms with Crippen LogP contribution in [0.25, 0.3) is 0 Å². The van der Waals surface area contributed by atoms with Crippen molar-refractivity contribution in [1.82, 2.24) is 10.2 Å². The van der Waals surface area contributed by atoms with Crippen LogP contribution < -0.4 is 11.1 Å². The first-order chi connectivity index (χ1) is 8.66. The maximum atomic E-state index is 12.0. The summed E-state index contributed by atoms with van der Waals surface area (Å²) < 4.78 is 5.09. The van der Waals surface area contributed by atoms with E-state index in [1.54, 1.807) is 0 Å². The summed E-state index contributed by atoms with van der Waals surface area (Å²) in [5, 5.41) is 11.5. The molecule has 0 bridgehead atoms. The van der Waals surface area contributed by atoms with Gasteiger partial charge in [0.2, 0.25) is 5.91 Å². The van der Waals surface area contributed by atoms with Crippen molar-refractivity contribution < 1.29 is 24.2 Å². The van der Waals surface area contributed by atoms with Crippen LogP contribution in [0.3, 0.4) is 0 Å². The number of hydrogen-bond donors (Lipinski definition) is 3. The molecule has 2 atom stereocenters. The van der Waals surface area contributed by atoms with Gasteiger partial charge in [-0.3, -0.25) is 9.59 Å². The van der Waals surface area contributed by atoms with Crippen LogP contribution in [-0.4, -0.2) is 59.8 Å². The molecule has 0 aromatic heterocycles. The molecular weight excluding hydrogens is 254 g/mol. The highest BCUT2D eigenvalue weighted by Crippen LogP contribution is 2.19. The molecule has 0 aliphatic carbocycles. The predicted octanol–water partition coefficient (Wildman–Crippen LogP) is -1.01. The fourth-order valence-electron chi connectivity index (χ4n) is 1.73. The lowest BCUT2D eigenvalue weighted by molar-refractivity contribution is -0.142. The van der Waals surface area contributed by atoms with Crippen LogP contribution in [-0.2, 0) is 14.3 Å². The molecule has 19 heavy (non-hydrogen) atoms. The number of nitrogens with zero attached hydrogens (tertiary/aromatic N) is 1. The average molecular weight is 273 g/mol. The van der Waals surface area contributed by atoms with E-state index in [0.29, 0.717) is 0 Å². The molecule has 0 aromatic carbocycles. The molecule has 108 valence electrons. The molecule has 3 amide bonds. The summed E-state index contributed by atoms with van der Waals surface area (Å²) in [4.78, 5) is 35.4. The van der Waals surface area contributed by atoms with E-state index in [1.165, 1.54) is 25.8 Å². The third-order valence-corrected chi connectivity index (χ3v) is 3.22. The van der Waals surface area contributed by atoms with E-state index in [0.717, 1.165) is 0 Å². The van der Waals surface area contributed by atoms with Gasteiger partial charge >= 0.3 is 12.0 Å². The van der Waals surface area contributed by atoms with Crippen LogP contribution in [0.15, 0.2) is 0 Å². The molecule has 1 rings (SSSR count). The van der Waals surface area contributed by atoms with E-state index in [9.17, 15) is 14.4 Å². The fourth-order valence-corrected chi connectivity index (χ4v) is 1.73. The molecule has 0 saturated carbocycles. The normalized spacial score (nSPS) is 22.9. The quantitative estimate of drug-likeness (QED) is 0.606. The van der Waals surface area contributed by atoms with E-state index >= 15 is 0 Å². The first-order valence-electron chi connectivity index (χ1n) is 5.82. The fraction of sp³-hybridized carbons (Fsp3) is 0.727. The number of nitrogens with one attached hydrogen (secondary N) is 1. The Bertz CT molecular complexity index is 396. The van der Waals surface area contributed by atoms with Gasteiger partial charge in [0.25, 0.3) is 0 Å². The number of primary amides is 1. The molecule has 2 unspecified atom stereocenters. The monoisotopic (exact) mass is 273 g/mol. The Kier molecular flexibility index (Phi) is 4.35. The molecule has 1 heterocycles. The Morgan fingerprint density at radius 2 is 1.95 bits per heavy atom. The predicted molar refractivity (Wildman–Crippen MR) is 65.3 cm³/mol. The molecule has 0 radical (unpaired) electrons. The van der Waals surface area contributed by atoms with Crippen molar-refractivity contribution in [3.8, 4) is 0 Å². The molecule has 0 spiro atoms. The summed E-state index contributed by atoms with van der Waals surface area (Å²) >= 11 is 0. The highest BCUT2D eigenvalue weighted by atomic mass is 16.5. The van der Waals surface area contributed by atoms with Crippen LogP contribution in [0.5, 0.6) is 0 Å². The second-order valence-corrected chi connectivity index (χ2v) is 5.08. The molecule has 8 heteroatoms. The molecular formula is C11H19N3O5. The van der Waals surface area contributed by atoms with E-state index in [4.69, 9.17) is 15.6 Å². The standard InChI is InChI=1S/C11H19N3O5/c1-11(2,9(12)17)13-10(18)14(3)7-5-19-4-6(7)8(15)16/h6-7H,4-5H2,1-3H3,(H2,12,17)(H,13,18)(H,15,16). The number of nitrogens with two attached hydrogens (primary N) is 1. The van der Waals surface area contributed by atoms with Crippen molar-refractivity contribution in [1.29, 1.82) is 0 Å². The Hall–Kier alpha value is -1.83. The zero-order valence-electron chi connectivity index (χ0n) is 11.2. The first kappa shape index (κ1) is 15.2. The van der Waals surface area contributed by atoms with Crippen LogP contribution in [0, 0.1) is 5.92 Å². The maximum absolute atomic E-state index is 12.0. The lowest BCUT2D eigenvalue weighted by atomic mass is 10.0. The number of ether oxygens (including phenoxy) is 1. The molecule has 4 N–H and O–H groups in total. The van der Waals surface area contributed by atoms with Crippen molar-refractivity contribution >= 4 is 17.9 Å². The van der Waals surface area contributed by atoms with Crippen LogP contribution in [0.2, 0.25) is 0 Å². The van der Waals surface area contributed by atoms with E-state index in [1.807, 2.05) is 0 Å². The minimum atomic E-state index is -1.20. The molecule has 1 aliphatic heterocycles. The van der Waals surface area contributed by atoms with Crippen LogP contribution >= 0.6 is 0 Å². The van der Waals surface area contributed by atoms with Gasteiger partial charge in [-0.15, -0.1) is 0 Å². The molecule has 1 fully saturated rings. The van der Waals surface area contributed by atoms with Crippen molar-refractivity contribution in [2.24, 2.45) is 11.7 Å². The lowest BCUT2D eigenvalue weighted by Crippen LogP contribution is -2.58. The minimum Gasteiger partial charge on any atom is -0.481 e. The zero-order chi connectivity index (χ0) is 14.8. The Balaban J connectivity index is 2.72. The van der Waals surface area contributed by atoms with Crippen molar-refractivity contribution in [3.05, 3.63) is 0 Å². The van der Waals surface area contributed by atoms with Crippen molar-refractivity contribution in [2.45, 2.75) is 25.4 Å². The van der Waals surface area contributed by atoms with Gasteiger partial charge in [-0.05, 0) is 13.8 Å². The van der Waals surface area contributed by atoms with Crippen molar-refractivity contribution in [2.75, 3.05) is 20.3 Å². The number of carbonyl (C=O) groups excluding carboxylic acids is 2. The Morgan fingerprint density at radius 1 is 1.37 bits per heavy atom. The largest absolute Gasteiger partial charge is 0.481 e. The third kappa shape index (κ3) is 3.34. The number of urea groups is 1. The number of carboxylic acid groups (broad SMARTS) is 1. The first-order valence-corrected chi connectivity index (χ1v) is 5.82. The highest BCUT2D eigenvalue weighted by molar-refractivity contribution is 5.89. The topological polar surface area (TPSA) is 122 Å². The zero-order valence-corrected chi connectivity index (χ0v) is 11.2. The summed E-state index contributed by atoms with van der Waals surface area (Å²) in [6.07, 6.45) is 0. The highest BCUT2D eigenvalue weighted by Gasteiger charge is 2.39. The number of carboxylic acids is 1. The smallest absolute Gasteiger partial charge is 0.318 e. The summed E-state index contributed by atoms with van der Waals surface area (Å²) in [6, 6.07) is -1.13. The molecule has 1 aliphatic rings. The van der Waals surface area contributed by atoms with E-state index in [2.05, 4.69) is 5.32 Å². The third-order valence-electron chi connectivity index (χ3n) is 3.22. The summed E-state index contributed by atoms with van der Waals surface area (Å²) in [7, 11) is 1.46. The van der Waals surface area contributed by atoms with Crippen LogP contribution in [0.1, 0.15) is 13.8 Å². The minimum absolute atomic E-state index is 0.0663. The van der Waals surface area contributed by atoms with Gasteiger partial charge in [-0.25, -0.2) is 4.79 Å². The molecule has 0 aromatic rings. The summed E-state index contributed by atoms with van der Waals surface area (Å²) in [5.74, 6) is -2.46. The second-order valence-electron chi connectivity index (χ2n) is 5.08. The molecule has 1 saturated heterocycles. The van der Waals surface area contributed by atoms with Crippen LogP contribution in [0.4, 0.5) is 4.79 Å². The number of likely N-dealkylation sites (N-methyl/N-ethyl adjacent to an activating group) is 1. The Morgan fingerprint density at radius 3 is 2.42 bits per heavy atom. The van der Waals surface area contributed by atoms with Gasteiger partial charge in [0.05, 0.1) is 19.3 Å². The lowest BCUT2D eigenvalue weighted by Gasteiger charge is -2.30.